The van der Waals surface area contributed by atoms with Gasteiger partial charge in [0.15, 0.2) is 0 Å². The lowest BCUT2D eigenvalue weighted by molar-refractivity contribution is 0.173. The highest BCUT2D eigenvalue weighted by atomic mass is 14.3. The minimum Gasteiger partial charge on any atom is -0.0961 e. The second kappa shape index (κ2) is 26.2. The largest absolute Gasteiger partial charge is 0.0961 e. The molecule has 0 amide bonds. The van der Waals surface area contributed by atoms with E-state index >= 15 is 0 Å². The molecule has 0 aliphatic heterocycles. The first kappa shape index (κ1) is 53.1. The van der Waals surface area contributed by atoms with Crippen molar-refractivity contribution < 1.29 is 0 Å². The molecule has 0 saturated heterocycles. The molecular weight excluding hydrogens is 673 g/mol. The molecule has 0 bridgehead atoms. The summed E-state index contributed by atoms with van der Waals surface area (Å²) < 4.78 is 0. The van der Waals surface area contributed by atoms with Gasteiger partial charge in [0.2, 0.25) is 0 Å². The highest BCUT2D eigenvalue weighted by Gasteiger charge is 2.29. The molecule has 0 radical (unpaired) electrons. The molecule has 0 N–H and O–H groups in total. The van der Waals surface area contributed by atoms with Crippen molar-refractivity contribution in [2.24, 2.45) is 28.6 Å². The van der Waals surface area contributed by atoms with Crippen molar-refractivity contribution in [2.75, 3.05) is 0 Å². The third kappa shape index (κ3) is 18.6. The summed E-state index contributed by atoms with van der Waals surface area (Å²) in [6, 6.07) is 9.35. The lowest BCUT2D eigenvalue weighted by Crippen LogP contribution is -2.24. The van der Waals surface area contributed by atoms with E-state index < -0.39 is 0 Å². The van der Waals surface area contributed by atoms with Crippen LogP contribution in [0.25, 0.3) is 5.57 Å². The van der Waals surface area contributed by atoms with Gasteiger partial charge >= 0.3 is 0 Å². The van der Waals surface area contributed by atoms with Gasteiger partial charge in [0.05, 0.1) is 0 Å². The van der Waals surface area contributed by atoms with Crippen LogP contribution in [0.5, 0.6) is 0 Å². The van der Waals surface area contributed by atoms with Gasteiger partial charge in [0.25, 0.3) is 0 Å². The van der Waals surface area contributed by atoms with Crippen LogP contribution >= 0.6 is 0 Å². The zero-order chi connectivity index (χ0) is 41.9. The molecule has 0 heterocycles. The third-order valence-corrected chi connectivity index (χ3v) is 13.0. The fourth-order valence-electron chi connectivity index (χ4n) is 7.85. The molecule has 0 heteroatoms. The Morgan fingerprint density at radius 1 is 0.839 bits per heavy atom. The Kier molecular flexibility index (Phi) is 24.9. The Labute approximate surface area is 351 Å². The average Bonchev–Trinajstić information content (AvgIpc) is 3.13. The maximum Gasteiger partial charge on any atom is -0.0164 e. The summed E-state index contributed by atoms with van der Waals surface area (Å²) >= 11 is 0. The summed E-state index contributed by atoms with van der Waals surface area (Å²) in [6.07, 6.45) is 27.3. The molecule has 1 fully saturated rings. The molecule has 1 saturated carbocycles. The summed E-state index contributed by atoms with van der Waals surface area (Å²) in [5.41, 5.74) is 14.2. The quantitative estimate of drug-likeness (QED) is 0.131. The monoisotopic (exact) mass is 765 g/mol. The second-order valence-corrected chi connectivity index (χ2v) is 19.0. The van der Waals surface area contributed by atoms with Gasteiger partial charge in [-0.3, -0.25) is 0 Å². The molecule has 0 spiro atoms. The number of hydrogen-bond acceptors (Lipinski definition) is 0. The molecule has 0 nitrogen and oxygen atoms in total. The second-order valence-electron chi connectivity index (χ2n) is 19.0. The van der Waals surface area contributed by atoms with Crippen LogP contribution in [0.3, 0.4) is 0 Å². The fourth-order valence-corrected chi connectivity index (χ4v) is 7.85. The standard InChI is InChI=1S/C32H52.C23H36.CH4/c1-10-14-28(18-15-25(5)6)30-22-20-29(21-23-30)27(11-2)19-16-26(7)17-24-31(12-3)32(8,9)13-4;1-10-17(4)19(6)13-20(16(2)3)14-21-15-22(23(7,8)9)12-11-18(21)5;/h14-15,18,20-23,26-27,31H,5,10-13,16-17,19,24H2,1-4,6-9H3;10,13-14,22H,5,11-12,15H2,1-4,6-9H3;1H4/b18-15-,28-14+;17-10-,19-13+,21-14-;/t26?,27-,31?;;/m1../s1. The van der Waals surface area contributed by atoms with E-state index in [1.807, 2.05) is 6.92 Å². The highest BCUT2D eigenvalue weighted by Crippen LogP contribution is 2.42. The van der Waals surface area contributed by atoms with Crippen LogP contribution < -0.4 is 0 Å². The van der Waals surface area contributed by atoms with Crippen LogP contribution in [-0.2, 0) is 0 Å². The SMILES string of the molecule is C.C=C(C)/C=C\C(=C/CC)c1ccc([C@H](CC)CCC(C)CCC(CC)C(C)(C)CC)cc1.C=C1CCC(C(C)(C)C)C/C1=C/C(/C=C(C)/C(C)=C\C)=C(C)C. The van der Waals surface area contributed by atoms with E-state index in [2.05, 4.69) is 178 Å². The first-order chi connectivity index (χ1) is 25.7. The fraction of sp³-hybridized carbons (Fsp3) is 0.607. The molecular formula is C56H92. The van der Waals surface area contributed by atoms with Crippen LogP contribution in [0.4, 0.5) is 0 Å². The molecule has 1 aromatic carbocycles. The third-order valence-electron chi connectivity index (χ3n) is 13.0. The summed E-state index contributed by atoms with van der Waals surface area (Å²) in [4.78, 5) is 0. The molecule has 4 atom stereocenters. The van der Waals surface area contributed by atoms with Crippen molar-refractivity contribution in [3.63, 3.8) is 0 Å². The van der Waals surface area contributed by atoms with Crippen molar-refractivity contribution in [3.05, 3.63) is 124 Å². The topological polar surface area (TPSA) is 0 Å². The van der Waals surface area contributed by atoms with Crippen molar-refractivity contribution in [1.29, 1.82) is 0 Å². The van der Waals surface area contributed by atoms with Crippen LogP contribution in [0, 0.1) is 28.6 Å². The smallest absolute Gasteiger partial charge is 0.0164 e. The molecule has 1 aromatic rings. The minimum absolute atomic E-state index is 0. The predicted octanol–water partition coefficient (Wildman–Crippen LogP) is 19.0. The van der Waals surface area contributed by atoms with Crippen molar-refractivity contribution in [2.45, 2.75) is 195 Å². The highest BCUT2D eigenvalue weighted by molar-refractivity contribution is 5.74. The van der Waals surface area contributed by atoms with Crippen LogP contribution in [0.2, 0.25) is 0 Å². The molecule has 0 aromatic heterocycles. The number of hydrogen-bond donors (Lipinski definition) is 0. The van der Waals surface area contributed by atoms with E-state index in [4.69, 9.17) is 0 Å². The molecule has 3 unspecified atom stereocenters. The zero-order valence-corrected chi connectivity index (χ0v) is 39.3. The van der Waals surface area contributed by atoms with Crippen LogP contribution in [0.15, 0.2) is 113 Å². The van der Waals surface area contributed by atoms with E-state index in [0.29, 0.717) is 16.7 Å². The zero-order valence-electron chi connectivity index (χ0n) is 39.3. The predicted molar refractivity (Wildman–Crippen MR) is 259 cm³/mol. The minimum atomic E-state index is 0. The maximum absolute atomic E-state index is 4.33. The van der Waals surface area contributed by atoms with Gasteiger partial charge in [-0.05, 0) is 154 Å². The van der Waals surface area contributed by atoms with E-state index in [0.717, 1.165) is 42.6 Å². The van der Waals surface area contributed by atoms with Crippen LogP contribution in [-0.4, -0.2) is 0 Å². The Balaban J connectivity index is 0.00000112. The molecule has 56 heavy (non-hydrogen) atoms. The van der Waals surface area contributed by atoms with Crippen molar-refractivity contribution in [3.8, 4) is 0 Å². The summed E-state index contributed by atoms with van der Waals surface area (Å²) in [5, 5.41) is 0. The van der Waals surface area contributed by atoms with Crippen LogP contribution in [0.1, 0.15) is 206 Å². The number of benzene rings is 1. The molecule has 316 valence electrons. The molecule has 2 rings (SSSR count). The lowest BCUT2D eigenvalue weighted by atomic mass is 9.69. The number of allylic oxidation sites excluding steroid dienone is 14. The van der Waals surface area contributed by atoms with Gasteiger partial charge in [0, 0.05) is 0 Å². The normalized spacial score (nSPS) is 18.2. The lowest BCUT2D eigenvalue weighted by Gasteiger charge is -2.36. The summed E-state index contributed by atoms with van der Waals surface area (Å²) in [5.74, 6) is 3.09. The summed E-state index contributed by atoms with van der Waals surface area (Å²) in [6.45, 7) is 45.0. The van der Waals surface area contributed by atoms with E-state index in [9.17, 15) is 0 Å². The Morgan fingerprint density at radius 2 is 1.45 bits per heavy atom. The van der Waals surface area contributed by atoms with Crippen molar-refractivity contribution in [1.82, 2.24) is 0 Å². The van der Waals surface area contributed by atoms with E-state index in [-0.39, 0.29) is 7.43 Å². The Bertz CT molecular complexity index is 1510. The Hall–Kier alpha value is -2.86. The Morgan fingerprint density at radius 3 is 1.93 bits per heavy atom. The summed E-state index contributed by atoms with van der Waals surface area (Å²) in [7, 11) is 0. The van der Waals surface area contributed by atoms with E-state index in [1.54, 1.807) is 0 Å². The first-order valence-corrected chi connectivity index (χ1v) is 22.3. The average molecular weight is 765 g/mol. The van der Waals surface area contributed by atoms with Gasteiger partial charge in [-0.15, -0.1) is 0 Å². The first-order valence-electron chi connectivity index (χ1n) is 22.3. The van der Waals surface area contributed by atoms with Gasteiger partial charge in [-0.2, -0.15) is 0 Å². The maximum atomic E-state index is 4.33. The molecule has 1 aliphatic carbocycles. The number of rotatable bonds is 18. The van der Waals surface area contributed by atoms with Gasteiger partial charge < -0.3 is 0 Å². The van der Waals surface area contributed by atoms with Gasteiger partial charge in [-0.25, -0.2) is 0 Å². The van der Waals surface area contributed by atoms with Gasteiger partial charge in [0.1, 0.15) is 0 Å². The van der Waals surface area contributed by atoms with E-state index in [1.165, 1.54) is 102 Å². The van der Waals surface area contributed by atoms with Crippen molar-refractivity contribution >= 4 is 5.57 Å². The molecule has 1 aliphatic rings. The van der Waals surface area contributed by atoms with Gasteiger partial charge in [-0.1, -0.05) is 199 Å².